The van der Waals surface area contributed by atoms with Crippen molar-refractivity contribution in [2.45, 2.75) is 59.3 Å². The van der Waals surface area contributed by atoms with Crippen LogP contribution in [0.2, 0.25) is 0 Å². The Kier molecular flexibility index (Phi) is 7.96. The standard InChI is InChI=1S/C20H31NO3/c1-6-8-14-21(15-13-18(22)24-7-2)19(23)16-9-11-17(12-10-16)20(3,4)5/h9-12H,6-8,13-15H2,1-5H3. The molecule has 0 N–H and O–H groups in total. The minimum absolute atomic E-state index is 0.0202. The fraction of sp³-hybridized carbons (Fsp3) is 0.600. The molecule has 0 radical (unpaired) electrons. The second-order valence-corrected chi connectivity index (χ2v) is 7.03. The highest BCUT2D eigenvalue weighted by Crippen LogP contribution is 2.22. The zero-order valence-corrected chi connectivity index (χ0v) is 15.7. The Morgan fingerprint density at radius 1 is 1.04 bits per heavy atom. The van der Waals surface area contributed by atoms with Crippen LogP contribution in [0.1, 0.15) is 69.8 Å². The largest absolute Gasteiger partial charge is 0.466 e. The van der Waals surface area contributed by atoms with Gasteiger partial charge in [-0.25, -0.2) is 0 Å². The van der Waals surface area contributed by atoms with E-state index in [4.69, 9.17) is 4.74 Å². The Morgan fingerprint density at radius 2 is 1.67 bits per heavy atom. The van der Waals surface area contributed by atoms with E-state index in [1.807, 2.05) is 24.3 Å². The number of rotatable bonds is 8. The third-order valence-electron chi connectivity index (χ3n) is 3.96. The molecule has 0 fully saturated rings. The lowest BCUT2D eigenvalue weighted by Gasteiger charge is -2.23. The van der Waals surface area contributed by atoms with Crippen molar-refractivity contribution in [1.29, 1.82) is 0 Å². The van der Waals surface area contributed by atoms with Gasteiger partial charge in [0.2, 0.25) is 0 Å². The second kappa shape index (κ2) is 9.45. The Labute approximate surface area is 146 Å². The van der Waals surface area contributed by atoms with Crippen molar-refractivity contribution in [3.8, 4) is 0 Å². The molecule has 0 heterocycles. The van der Waals surface area contributed by atoms with Gasteiger partial charge in [-0.2, -0.15) is 0 Å². The van der Waals surface area contributed by atoms with Gasteiger partial charge in [0.1, 0.15) is 0 Å². The molecular weight excluding hydrogens is 302 g/mol. The summed E-state index contributed by atoms with van der Waals surface area (Å²) in [6.07, 6.45) is 2.17. The number of carbonyl (C=O) groups excluding carboxylic acids is 2. The molecule has 24 heavy (non-hydrogen) atoms. The van der Waals surface area contributed by atoms with Crippen LogP contribution in [-0.4, -0.2) is 36.5 Å². The highest BCUT2D eigenvalue weighted by atomic mass is 16.5. The Morgan fingerprint density at radius 3 is 2.17 bits per heavy atom. The topological polar surface area (TPSA) is 46.6 Å². The van der Waals surface area contributed by atoms with E-state index in [1.165, 1.54) is 5.56 Å². The van der Waals surface area contributed by atoms with Gasteiger partial charge in [-0.05, 0) is 36.5 Å². The number of nitrogens with zero attached hydrogens (tertiary/aromatic N) is 1. The van der Waals surface area contributed by atoms with Crippen LogP contribution in [0.5, 0.6) is 0 Å². The third-order valence-corrected chi connectivity index (χ3v) is 3.96. The summed E-state index contributed by atoms with van der Waals surface area (Å²) in [6, 6.07) is 7.78. The maximum absolute atomic E-state index is 12.8. The lowest BCUT2D eigenvalue weighted by Crippen LogP contribution is -2.34. The van der Waals surface area contributed by atoms with Gasteiger partial charge in [0, 0.05) is 18.7 Å². The first-order chi connectivity index (χ1) is 11.3. The van der Waals surface area contributed by atoms with Crippen LogP contribution in [0.15, 0.2) is 24.3 Å². The van der Waals surface area contributed by atoms with Crippen molar-refractivity contribution in [3.63, 3.8) is 0 Å². The number of amides is 1. The molecular formula is C20H31NO3. The molecule has 0 unspecified atom stereocenters. The van der Waals surface area contributed by atoms with Crippen LogP contribution < -0.4 is 0 Å². The SMILES string of the molecule is CCCCN(CCC(=O)OCC)C(=O)c1ccc(C(C)(C)C)cc1. The molecule has 0 atom stereocenters. The average Bonchev–Trinajstić information content (AvgIpc) is 2.54. The van der Waals surface area contributed by atoms with Crippen molar-refractivity contribution in [1.82, 2.24) is 4.90 Å². The van der Waals surface area contributed by atoms with E-state index in [0.29, 0.717) is 25.3 Å². The molecule has 1 aromatic rings. The molecule has 4 heteroatoms. The summed E-state index contributed by atoms with van der Waals surface area (Å²) < 4.78 is 4.96. The van der Waals surface area contributed by atoms with E-state index < -0.39 is 0 Å². The van der Waals surface area contributed by atoms with Gasteiger partial charge >= 0.3 is 5.97 Å². The number of hydrogen-bond acceptors (Lipinski definition) is 3. The molecule has 4 nitrogen and oxygen atoms in total. The monoisotopic (exact) mass is 333 g/mol. The first-order valence-corrected chi connectivity index (χ1v) is 8.85. The van der Waals surface area contributed by atoms with Crippen LogP contribution in [-0.2, 0) is 14.9 Å². The summed E-state index contributed by atoms with van der Waals surface area (Å²) in [6.45, 7) is 11.8. The summed E-state index contributed by atoms with van der Waals surface area (Å²) in [5, 5.41) is 0. The van der Waals surface area contributed by atoms with E-state index in [1.54, 1.807) is 11.8 Å². The molecule has 0 aliphatic rings. The zero-order valence-electron chi connectivity index (χ0n) is 15.7. The quantitative estimate of drug-likeness (QED) is 0.671. The molecule has 1 amide bonds. The van der Waals surface area contributed by atoms with Gasteiger partial charge in [-0.3, -0.25) is 9.59 Å². The van der Waals surface area contributed by atoms with E-state index in [9.17, 15) is 9.59 Å². The average molecular weight is 333 g/mol. The predicted octanol–water partition coefficient (Wildman–Crippen LogP) is 4.18. The fourth-order valence-electron chi connectivity index (χ4n) is 2.42. The van der Waals surface area contributed by atoms with Gasteiger partial charge < -0.3 is 9.64 Å². The fourth-order valence-corrected chi connectivity index (χ4v) is 2.42. The maximum atomic E-state index is 12.8. The van der Waals surface area contributed by atoms with Crippen molar-refractivity contribution in [2.24, 2.45) is 0 Å². The number of unbranched alkanes of at least 4 members (excludes halogenated alkanes) is 1. The Hall–Kier alpha value is -1.84. The summed E-state index contributed by atoms with van der Waals surface area (Å²) >= 11 is 0. The summed E-state index contributed by atoms with van der Waals surface area (Å²) in [5.41, 5.74) is 1.93. The van der Waals surface area contributed by atoms with Crippen LogP contribution >= 0.6 is 0 Å². The highest BCUT2D eigenvalue weighted by molar-refractivity contribution is 5.94. The zero-order chi connectivity index (χ0) is 18.2. The van der Waals surface area contributed by atoms with Crippen LogP contribution in [0.25, 0.3) is 0 Å². The van der Waals surface area contributed by atoms with E-state index >= 15 is 0 Å². The molecule has 0 aromatic heterocycles. The smallest absolute Gasteiger partial charge is 0.307 e. The molecule has 0 saturated heterocycles. The van der Waals surface area contributed by atoms with Gasteiger partial charge in [0.15, 0.2) is 0 Å². The van der Waals surface area contributed by atoms with Gasteiger partial charge in [0.05, 0.1) is 13.0 Å². The van der Waals surface area contributed by atoms with E-state index in [0.717, 1.165) is 12.8 Å². The Balaban J connectivity index is 2.81. The Bertz CT molecular complexity index is 529. The van der Waals surface area contributed by atoms with Crippen molar-refractivity contribution in [2.75, 3.05) is 19.7 Å². The van der Waals surface area contributed by atoms with E-state index in [-0.39, 0.29) is 23.7 Å². The van der Waals surface area contributed by atoms with Gasteiger partial charge in [0.25, 0.3) is 5.91 Å². The molecule has 0 aliphatic heterocycles. The number of ether oxygens (including phenoxy) is 1. The summed E-state index contributed by atoms with van der Waals surface area (Å²) in [7, 11) is 0. The van der Waals surface area contributed by atoms with Crippen LogP contribution in [0.4, 0.5) is 0 Å². The van der Waals surface area contributed by atoms with Crippen molar-refractivity contribution in [3.05, 3.63) is 35.4 Å². The third kappa shape index (κ3) is 6.34. The van der Waals surface area contributed by atoms with Gasteiger partial charge in [-0.1, -0.05) is 46.2 Å². The number of benzene rings is 1. The van der Waals surface area contributed by atoms with E-state index in [2.05, 4.69) is 27.7 Å². The first kappa shape index (κ1) is 20.2. The number of carbonyl (C=O) groups is 2. The summed E-state index contributed by atoms with van der Waals surface area (Å²) in [5.74, 6) is -0.275. The molecule has 1 aromatic carbocycles. The second-order valence-electron chi connectivity index (χ2n) is 7.03. The maximum Gasteiger partial charge on any atom is 0.307 e. The molecule has 0 spiro atoms. The van der Waals surface area contributed by atoms with Crippen LogP contribution in [0, 0.1) is 0 Å². The highest BCUT2D eigenvalue weighted by Gasteiger charge is 2.18. The van der Waals surface area contributed by atoms with Gasteiger partial charge in [-0.15, -0.1) is 0 Å². The van der Waals surface area contributed by atoms with Crippen LogP contribution in [0.3, 0.4) is 0 Å². The minimum atomic E-state index is -0.255. The summed E-state index contributed by atoms with van der Waals surface area (Å²) in [4.78, 5) is 26.1. The van der Waals surface area contributed by atoms with Crippen molar-refractivity contribution >= 4 is 11.9 Å². The normalized spacial score (nSPS) is 11.2. The predicted molar refractivity (Wildman–Crippen MR) is 97.2 cm³/mol. The molecule has 0 saturated carbocycles. The lowest BCUT2D eigenvalue weighted by molar-refractivity contribution is -0.143. The minimum Gasteiger partial charge on any atom is -0.466 e. The molecule has 0 bridgehead atoms. The lowest BCUT2D eigenvalue weighted by atomic mass is 9.86. The number of esters is 1. The first-order valence-electron chi connectivity index (χ1n) is 8.85. The number of hydrogen-bond donors (Lipinski definition) is 0. The molecule has 134 valence electrons. The molecule has 0 aliphatic carbocycles. The van der Waals surface area contributed by atoms with Crippen molar-refractivity contribution < 1.29 is 14.3 Å². The molecule has 1 rings (SSSR count).